The fourth-order valence-electron chi connectivity index (χ4n) is 4.03. The number of hydrogen-bond acceptors (Lipinski definition) is 4. The van der Waals surface area contributed by atoms with Crippen LogP contribution in [0.1, 0.15) is 18.4 Å². The van der Waals surface area contributed by atoms with E-state index >= 15 is 0 Å². The maximum atomic E-state index is 12.7. The van der Waals surface area contributed by atoms with Gasteiger partial charge in [0.2, 0.25) is 11.8 Å². The molecule has 0 aromatic heterocycles. The highest BCUT2D eigenvalue weighted by atomic mass is 32.2. The fraction of sp³-hybridized carbons (Fsp3) is 0.360. The lowest BCUT2D eigenvalue weighted by Crippen LogP contribution is -2.48. The van der Waals surface area contributed by atoms with Crippen molar-refractivity contribution < 1.29 is 9.59 Å². The summed E-state index contributed by atoms with van der Waals surface area (Å²) in [5.74, 6) is 0.811. The summed E-state index contributed by atoms with van der Waals surface area (Å²) in [6, 6.07) is 18.3. The maximum Gasteiger partial charge on any atom is 0.237 e. The number of hydrogen-bond donors (Lipinski definition) is 0. The van der Waals surface area contributed by atoms with Gasteiger partial charge in [-0.25, -0.2) is 0 Å². The molecule has 2 aromatic carbocycles. The summed E-state index contributed by atoms with van der Waals surface area (Å²) in [5, 5.41) is 0. The third kappa shape index (κ3) is 5.77. The van der Waals surface area contributed by atoms with Crippen LogP contribution < -0.4 is 4.90 Å². The molecule has 0 aliphatic carbocycles. The van der Waals surface area contributed by atoms with E-state index < -0.39 is 0 Å². The van der Waals surface area contributed by atoms with Crippen molar-refractivity contribution in [1.82, 2.24) is 9.80 Å². The predicted molar refractivity (Wildman–Crippen MR) is 127 cm³/mol. The minimum absolute atomic E-state index is 0.133. The van der Waals surface area contributed by atoms with Crippen molar-refractivity contribution in [2.45, 2.75) is 17.7 Å². The predicted octanol–water partition coefficient (Wildman–Crippen LogP) is 3.76. The number of carbonyl (C=O) groups excluding carboxylic acids is 2. The molecule has 1 saturated heterocycles. The molecule has 2 aliphatic rings. The molecule has 2 amide bonds. The summed E-state index contributed by atoms with van der Waals surface area (Å²) < 4.78 is 0. The molecule has 0 atom stereocenters. The normalized spacial score (nSPS) is 17.2. The number of carbonyl (C=O) groups is 2. The minimum atomic E-state index is 0.133. The number of fused-ring (bicyclic) bond motifs is 1. The number of piperazine rings is 1. The van der Waals surface area contributed by atoms with Crippen LogP contribution in [-0.4, -0.2) is 66.6 Å². The highest BCUT2D eigenvalue weighted by Gasteiger charge is 2.25. The quantitative estimate of drug-likeness (QED) is 0.664. The van der Waals surface area contributed by atoms with Gasteiger partial charge in [-0.1, -0.05) is 54.6 Å². The summed E-state index contributed by atoms with van der Waals surface area (Å²) in [7, 11) is 0. The molecule has 162 valence electrons. The van der Waals surface area contributed by atoms with E-state index in [2.05, 4.69) is 35.3 Å². The van der Waals surface area contributed by atoms with E-state index in [0.717, 1.165) is 43.3 Å². The van der Waals surface area contributed by atoms with E-state index in [1.807, 2.05) is 46.2 Å². The zero-order valence-electron chi connectivity index (χ0n) is 17.8. The van der Waals surface area contributed by atoms with Crippen LogP contribution in [0.4, 0.5) is 5.69 Å². The van der Waals surface area contributed by atoms with E-state index in [1.54, 1.807) is 11.8 Å². The molecule has 5 nitrogen and oxygen atoms in total. The van der Waals surface area contributed by atoms with E-state index in [9.17, 15) is 9.59 Å². The Morgan fingerprint density at radius 3 is 2.52 bits per heavy atom. The Morgan fingerprint density at radius 1 is 0.968 bits per heavy atom. The van der Waals surface area contributed by atoms with E-state index in [0.29, 0.717) is 25.1 Å². The lowest BCUT2D eigenvalue weighted by molar-refractivity contribution is -0.133. The lowest BCUT2D eigenvalue weighted by Gasteiger charge is -2.34. The SMILES string of the molecule is O=C(CCCN1C(=O)CSc2ccccc21)N1CCN(C/C=C/c2ccccc2)CC1. The number of benzene rings is 2. The molecule has 4 rings (SSSR count). The van der Waals surface area contributed by atoms with Crippen molar-refractivity contribution in [3.8, 4) is 0 Å². The lowest BCUT2D eigenvalue weighted by atomic mass is 10.2. The molecule has 2 aliphatic heterocycles. The standard InChI is InChI=1S/C25H29N3O2S/c29-24(13-7-15-28-22-11-4-5-12-23(22)31-20-25(28)30)27-18-16-26(17-19-27)14-6-10-21-8-2-1-3-9-21/h1-6,8-12H,7,13-20H2/b10-6+. The van der Waals surface area contributed by atoms with Gasteiger partial charge < -0.3 is 9.80 Å². The molecule has 31 heavy (non-hydrogen) atoms. The second-order valence-electron chi connectivity index (χ2n) is 7.90. The van der Waals surface area contributed by atoms with Crippen molar-refractivity contribution >= 4 is 35.3 Å². The van der Waals surface area contributed by atoms with Gasteiger partial charge >= 0.3 is 0 Å². The summed E-state index contributed by atoms with van der Waals surface area (Å²) in [6.45, 7) is 4.87. The first-order chi connectivity index (χ1) is 15.2. The molecule has 0 unspecified atom stereocenters. The number of para-hydroxylation sites is 1. The first kappa shape index (κ1) is 21.7. The molecule has 0 radical (unpaired) electrons. The van der Waals surface area contributed by atoms with Crippen molar-refractivity contribution in [1.29, 1.82) is 0 Å². The van der Waals surface area contributed by atoms with Gasteiger partial charge in [-0.3, -0.25) is 14.5 Å². The molecule has 2 heterocycles. The Balaban J connectivity index is 1.19. The average Bonchev–Trinajstić information content (AvgIpc) is 2.81. The largest absolute Gasteiger partial charge is 0.340 e. The highest BCUT2D eigenvalue weighted by molar-refractivity contribution is 8.00. The number of nitrogens with zero attached hydrogens (tertiary/aromatic N) is 3. The summed E-state index contributed by atoms with van der Waals surface area (Å²) in [6.07, 6.45) is 5.53. The molecule has 6 heteroatoms. The van der Waals surface area contributed by atoms with Gasteiger partial charge in [0.25, 0.3) is 0 Å². The molecule has 0 N–H and O–H groups in total. The maximum absolute atomic E-state index is 12.7. The number of anilines is 1. The Morgan fingerprint density at radius 2 is 1.71 bits per heavy atom. The van der Waals surface area contributed by atoms with E-state index in [4.69, 9.17) is 0 Å². The Hall–Kier alpha value is -2.57. The highest BCUT2D eigenvalue weighted by Crippen LogP contribution is 2.34. The smallest absolute Gasteiger partial charge is 0.237 e. The Labute approximate surface area is 188 Å². The van der Waals surface area contributed by atoms with E-state index in [-0.39, 0.29) is 11.8 Å². The van der Waals surface area contributed by atoms with Crippen molar-refractivity contribution in [2.24, 2.45) is 0 Å². The van der Waals surface area contributed by atoms with Gasteiger partial charge in [0, 0.05) is 50.6 Å². The van der Waals surface area contributed by atoms with Crippen LogP contribution in [0.2, 0.25) is 0 Å². The topological polar surface area (TPSA) is 43.9 Å². The van der Waals surface area contributed by atoms with Gasteiger partial charge in [-0.15, -0.1) is 11.8 Å². The van der Waals surface area contributed by atoms with Crippen LogP contribution in [0.15, 0.2) is 65.6 Å². The fourth-order valence-corrected chi connectivity index (χ4v) is 4.96. The van der Waals surface area contributed by atoms with Crippen LogP contribution in [-0.2, 0) is 9.59 Å². The van der Waals surface area contributed by atoms with Gasteiger partial charge in [0.05, 0.1) is 11.4 Å². The monoisotopic (exact) mass is 435 g/mol. The molecule has 0 spiro atoms. The first-order valence-electron chi connectivity index (χ1n) is 10.9. The third-order valence-corrected chi connectivity index (χ3v) is 6.83. The molecule has 1 fully saturated rings. The van der Waals surface area contributed by atoms with E-state index in [1.165, 1.54) is 5.56 Å². The van der Waals surface area contributed by atoms with Crippen LogP contribution in [0, 0.1) is 0 Å². The average molecular weight is 436 g/mol. The van der Waals surface area contributed by atoms with Gasteiger partial charge in [0.15, 0.2) is 0 Å². The Kier molecular flexibility index (Phi) is 7.43. The molecular formula is C25H29N3O2S. The van der Waals surface area contributed by atoms with Crippen LogP contribution in [0.5, 0.6) is 0 Å². The number of rotatable bonds is 7. The van der Waals surface area contributed by atoms with Crippen LogP contribution in [0.25, 0.3) is 6.08 Å². The van der Waals surface area contributed by atoms with Crippen molar-refractivity contribution in [2.75, 3.05) is 49.9 Å². The Bertz CT molecular complexity index is 923. The first-order valence-corrected chi connectivity index (χ1v) is 11.9. The van der Waals surface area contributed by atoms with Crippen molar-refractivity contribution in [3.05, 3.63) is 66.2 Å². The zero-order chi connectivity index (χ0) is 21.5. The summed E-state index contributed by atoms with van der Waals surface area (Å²) in [4.78, 5) is 32.3. The second kappa shape index (κ2) is 10.6. The summed E-state index contributed by atoms with van der Waals surface area (Å²) >= 11 is 1.59. The molecule has 0 bridgehead atoms. The zero-order valence-corrected chi connectivity index (χ0v) is 18.6. The van der Waals surface area contributed by atoms with Crippen molar-refractivity contribution in [3.63, 3.8) is 0 Å². The second-order valence-corrected chi connectivity index (χ2v) is 8.92. The van der Waals surface area contributed by atoms with Gasteiger partial charge in [-0.2, -0.15) is 0 Å². The minimum Gasteiger partial charge on any atom is -0.340 e. The van der Waals surface area contributed by atoms with Crippen LogP contribution in [0.3, 0.4) is 0 Å². The summed E-state index contributed by atoms with van der Waals surface area (Å²) in [5.41, 5.74) is 2.19. The third-order valence-electron chi connectivity index (χ3n) is 5.78. The molecular weight excluding hydrogens is 406 g/mol. The molecule has 2 aromatic rings. The number of amides is 2. The molecule has 0 saturated carbocycles. The van der Waals surface area contributed by atoms with Gasteiger partial charge in [-0.05, 0) is 24.1 Å². The number of thioether (sulfide) groups is 1. The van der Waals surface area contributed by atoms with Gasteiger partial charge in [0.1, 0.15) is 0 Å². The van der Waals surface area contributed by atoms with Crippen LogP contribution >= 0.6 is 11.8 Å².